The molecule has 1 N–H and O–H groups in total. The maximum atomic E-state index is 11.9. The second kappa shape index (κ2) is 31.8. The molecule has 0 aromatic heterocycles. The first-order valence-corrected chi connectivity index (χ1v) is 17.3. The van der Waals surface area contributed by atoms with Crippen LogP contribution in [0.25, 0.3) is 0 Å². The lowest BCUT2D eigenvalue weighted by Gasteiger charge is -2.10. The first kappa shape index (κ1) is 40.4. The summed E-state index contributed by atoms with van der Waals surface area (Å²) >= 11 is 4.72. The Morgan fingerprint density at radius 2 is 1.00 bits per heavy atom. The third kappa shape index (κ3) is 39.5. The molecule has 0 heterocycles. The van der Waals surface area contributed by atoms with Crippen molar-refractivity contribution in [1.29, 1.82) is 0 Å². The van der Waals surface area contributed by atoms with E-state index in [-0.39, 0.29) is 5.97 Å². The first-order chi connectivity index (χ1) is 18.7. The van der Waals surface area contributed by atoms with E-state index in [1.54, 1.807) is 0 Å². The molecule has 4 nitrogen and oxygen atoms in total. The Morgan fingerprint density at radius 1 is 0.590 bits per heavy atom. The minimum absolute atomic E-state index is 0.0170. The number of thiol groups is 1. The summed E-state index contributed by atoms with van der Waals surface area (Å²) in [7, 11) is 0. The fourth-order valence-corrected chi connectivity index (χ4v) is 4.93. The van der Waals surface area contributed by atoms with Gasteiger partial charge >= 0.3 is 11.9 Å². The molecule has 0 aliphatic carbocycles. The van der Waals surface area contributed by atoms with Crippen molar-refractivity contribution < 1.29 is 19.4 Å². The van der Waals surface area contributed by atoms with Crippen LogP contribution in [0.2, 0.25) is 0 Å². The number of carbonyl (C=O) groups is 2. The Bertz CT molecular complexity index is 521. The van der Waals surface area contributed by atoms with Crippen LogP contribution < -0.4 is 0 Å². The van der Waals surface area contributed by atoms with Crippen LogP contribution >= 0.6 is 12.6 Å². The molecule has 1 unspecified atom stereocenters. The Labute approximate surface area is 249 Å². The van der Waals surface area contributed by atoms with Crippen molar-refractivity contribution in [3.05, 3.63) is 0 Å². The molecule has 0 saturated carbocycles. The lowest BCUT2D eigenvalue weighted by Crippen LogP contribution is -2.07. The van der Waals surface area contributed by atoms with Crippen molar-refractivity contribution in [3.8, 4) is 0 Å². The van der Waals surface area contributed by atoms with Gasteiger partial charge in [-0.15, -0.1) is 0 Å². The van der Waals surface area contributed by atoms with Gasteiger partial charge in [-0.25, -0.2) is 0 Å². The van der Waals surface area contributed by atoms with Gasteiger partial charge in [-0.3, -0.25) is 9.59 Å². The number of aliphatic carboxylic acids is 1. The fraction of sp³-hybridized carbons (Fsp3) is 0.941. The van der Waals surface area contributed by atoms with E-state index in [1.165, 1.54) is 103 Å². The summed E-state index contributed by atoms with van der Waals surface area (Å²) in [6, 6.07) is 0. The van der Waals surface area contributed by atoms with Gasteiger partial charge in [0.1, 0.15) is 0 Å². The largest absolute Gasteiger partial charge is 0.481 e. The van der Waals surface area contributed by atoms with Crippen LogP contribution in [0.3, 0.4) is 0 Å². The number of carboxylic acids is 1. The number of ether oxygens (including phenoxy) is 1. The molecule has 39 heavy (non-hydrogen) atoms. The summed E-state index contributed by atoms with van der Waals surface area (Å²) in [5, 5.41) is 8.48. The molecule has 0 rings (SSSR count). The number of esters is 1. The highest BCUT2D eigenvalue weighted by molar-refractivity contribution is 7.80. The minimum Gasteiger partial charge on any atom is -0.481 e. The van der Waals surface area contributed by atoms with E-state index in [9.17, 15) is 9.59 Å². The van der Waals surface area contributed by atoms with Crippen molar-refractivity contribution in [3.63, 3.8) is 0 Å². The van der Waals surface area contributed by atoms with E-state index in [0.717, 1.165) is 43.9 Å². The van der Waals surface area contributed by atoms with Crippen LogP contribution in [0.5, 0.6) is 0 Å². The summed E-state index contributed by atoms with van der Waals surface area (Å²) in [5.74, 6) is 0.985. The molecule has 0 aromatic rings. The van der Waals surface area contributed by atoms with E-state index in [0.29, 0.717) is 24.7 Å². The quantitative estimate of drug-likeness (QED) is 0.0583. The summed E-state index contributed by atoms with van der Waals surface area (Å²) in [4.78, 5) is 21.6. The van der Waals surface area contributed by atoms with Crippen molar-refractivity contribution >= 4 is 24.6 Å². The normalized spacial score (nSPS) is 11.9. The van der Waals surface area contributed by atoms with Gasteiger partial charge in [0.15, 0.2) is 0 Å². The second-order valence-electron chi connectivity index (χ2n) is 12.4. The molecule has 0 amide bonds. The van der Waals surface area contributed by atoms with Gasteiger partial charge in [0.2, 0.25) is 0 Å². The SMILES string of the molecule is CC(C)CCCCCCCCCOC(=O)CCCC(S)CCCCCCCCCC(C)C.CCCCC(=O)O. The zero-order valence-electron chi connectivity index (χ0n) is 26.8. The van der Waals surface area contributed by atoms with E-state index in [2.05, 4.69) is 27.7 Å². The van der Waals surface area contributed by atoms with E-state index in [4.69, 9.17) is 22.5 Å². The summed E-state index contributed by atoms with van der Waals surface area (Å²) < 4.78 is 5.40. The van der Waals surface area contributed by atoms with Crippen molar-refractivity contribution in [1.82, 2.24) is 0 Å². The van der Waals surface area contributed by atoms with Gasteiger partial charge in [-0.2, -0.15) is 12.6 Å². The Balaban J connectivity index is 0. The Kier molecular flexibility index (Phi) is 33.0. The maximum absolute atomic E-state index is 11.9. The number of rotatable bonds is 27. The molecule has 1 atom stereocenters. The summed E-state index contributed by atoms with van der Waals surface area (Å²) in [6.45, 7) is 11.8. The highest BCUT2D eigenvalue weighted by Gasteiger charge is 2.07. The second-order valence-corrected chi connectivity index (χ2v) is 13.1. The number of hydrogen-bond donors (Lipinski definition) is 2. The average Bonchev–Trinajstić information content (AvgIpc) is 2.87. The predicted octanol–water partition coefficient (Wildman–Crippen LogP) is 11.2. The van der Waals surface area contributed by atoms with Crippen molar-refractivity contribution in [2.45, 2.75) is 188 Å². The van der Waals surface area contributed by atoms with Crippen LogP contribution in [-0.4, -0.2) is 28.9 Å². The minimum atomic E-state index is -0.693. The topological polar surface area (TPSA) is 63.6 Å². The molecule has 0 spiro atoms. The highest BCUT2D eigenvalue weighted by Crippen LogP contribution is 2.18. The lowest BCUT2D eigenvalue weighted by molar-refractivity contribution is -0.144. The van der Waals surface area contributed by atoms with Crippen LogP contribution in [0.1, 0.15) is 182 Å². The maximum Gasteiger partial charge on any atom is 0.305 e. The molecular formula is C34H68O4S. The van der Waals surface area contributed by atoms with Gasteiger partial charge in [0.05, 0.1) is 6.61 Å². The average molecular weight is 573 g/mol. The number of carbonyl (C=O) groups excluding carboxylic acids is 1. The number of hydrogen-bond acceptors (Lipinski definition) is 4. The Hall–Kier alpha value is -0.710. The van der Waals surface area contributed by atoms with E-state index < -0.39 is 5.97 Å². The van der Waals surface area contributed by atoms with Crippen LogP contribution in [-0.2, 0) is 14.3 Å². The van der Waals surface area contributed by atoms with Gasteiger partial charge in [-0.1, -0.05) is 137 Å². The molecule has 0 fully saturated rings. The third-order valence-corrected chi connectivity index (χ3v) is 7.69. The highest BCUT2D eigenvalue weighted by atomic mass is 32.1. The van der Waals surface area contributed by atoms with E-state index in [1.807, 2.05) is 6.92 Å². The molecule has 0 aliphatic rings. The van der Waals surface area contributed by atoms with Crippen LogP contribution in [0.15, 0.2) is 0 Å². The van der Waals surface area contributed by atoms with Crippen LogP contribution in [0, 0.1) is 11.8 Å². The molecule has 0 aromatic carbocycles. The zero-order chi connectivity index (χ0) is 29.6. The smallest absolute Gasteiger partial charge is 0.305 e. The van der Waals surface area contributed by atoms with Gasteiger partial charge in [0.25, 0.3) is 0 Å². The van der Waals surface area contributed by atoms with Crippen LogP contribution in [0.4, 0.5) is 0 Å². The monoisotopic (exact) mass is 572 g/mol. The number of carboxylic acid groups (broad SMARTS) is 1. The molecule has 0 bridgehead atoms. The lowest BCUT2D eigenvalue weighted by atomic mass is 10.0. The molecule has 5 heteroatoms. The van der Waals surface area contributed by atoms with E-state index >= 15 is 0 Å². The fourth-order valence-electron chi connectivity index (χ4n) is 4.57. The molecule has 234 valence electrons. The predicted molar refractivity (Wildman–Crippen MR) is 173 cm³/mol. The third-order valence-electron chi connectivity index (χ3n) is 7.17. The number of unbranched alkanes of at least 4 members (excludes halogenated alkanes) is 13. The van der Waals surface area contributed by atoms with Gasteiger partial charge in [0, 0.05) is 18.1 Å². The van der Waals surface area contributed by atoms with Gasteiger partial charge in [-0.05, 0) is 43.9 Å². The molecule has 0 radical (unpaired) electrons. The molecular weight excluding hydrogens is 504 g/mol. The van der Waals surface area contributed by atoms with Gasteiger partial charge < -0.3 is 9.84 Å². The molecule has 0 saturated heterocycles. The Morgan fingerprint density at radius 3 is 1.41 bits per heavy atom. The van der Waals surface area contributed by atoms with Crippen molar-refractivity contribution in [2.24, 2.45) is 11.8 Å². The summed E-state index contributed by atoms with van der Waals surface area (Å²) in [5.41, 5.74) is 0. The van der Waals surface area contributed by atoms with Crippen molar-refractivity contribution in [2.75, 3.05) is 6.61 Å². The standard InChI is InChI=1S/C29H58O2S.C5H10O2/c1-26(2)20-15-11-7-5-9-13-17-22-28(32)23-19-24-29(30)31-25-18-14-10-6-8-12-16-21-27(3)4;1-2-3-4-5(6)7/h26-28,32H,5-25H2,1-4H3;2-4H2,1H3,(H,6,7). The first-order valence-electron chi connectivity index (χ1n) is 16.7. The molecule has 0 aliphatic heterocycles. The summed E-state index contributed by atoms with van der Waals surface area (Å²) in [6.07, 6.45) is 27.0. The zero-order valence-corrected chi connectivity index (χ0v) is 27.7.